The Morgan fingerprint density at radius 1 is 1.18 bits per heavy atom. The number of aryl methyl sites for hydroxylation is 1. The summed E-state index contributed by atoms with van der Waals surface area (Å²) in [5.74, 6) is 0.206. The Bertz CT molecular complexity index is 876. The van der Waals surface area contributed by atoms with Gasteiger partial charge < -0.3 is 15.5 Å². The van der Waals surface area contributed by atoms with Gasteiger partial charge in [0.15, 0.2) is 0 Å². The van der Waals surface area contributed by atoms with Crippen LogP contribution in [0.25, 0.3) is 0 Å². The van der Waals surface area contributed by atoms with Crippen LogP contribution < -0.4 is 15.5 Å². The fourth-order valence-electron chi connectivity index (χ4n) is 3.90. The van der Waals surface area contributed by atoms with E-state index in [0.717, 1.165) is 48.4 Å². The minimum atomic E-state index is 0.0211. The second-order valence-electron chi connectivity index (χ2n) is 7.48. The molecule has 1 atom stereocenters. The number of carbonyl (C=O) groups excluding carboxylic acids is 2. The molecule has 5 nitrogen and oxygen atoms in total. The largest absolute Gasteiger partial charge is 0.326 e. The summed E-state index contributed by atoms with van der Waals surface area (Å²) in [5, 5.41) is 7.01. The average Bonchev–Trinajstić information content (AvgIpc) is 2.72. The van der Waals surface area contributed by atoms with Gasteiger partial charge in [0, 0.05) is 29.4 Å². The van der Waals surface area contributed by atoms with E-state index in [1.54, 1.807) is 0 Å². The van der Waals surface area contributed by atoms with Crippen molar-refractivity contribution in [3.05, 3.63) is 58.6 Å². The number of anilines is 2. The van der Waals surface area contributed by atoms with E-state index in [9.17, 15) is 9.59 Å². The molecule has 4 rings (SSSR count). The predicted molar refractivity (Wildman–Crippen MR) is 112 cm³/mol. The predicted octanol–water partition coefficient (Wildman–Crippen LogP) is 3.76. The molecule has 1 unspecified atom stereocenters. The standard InChI is InChI=1S/C22H24ClN3O2/c23-18-6-3-15(4-7-18)14-26-20-9-8-19(12-16(20)5-10-21(26)27)25-22(28)17-2-1-11-24-13-17/h3-4,6-9,12,17,24H,1-2,5,10-11,13-14H2,(H,25,28). The van der Waals surface area contributed by atoms with Crippen molar-refractivity contribution in [1.82, 2.24) is 5.32 Å². The molecular weight excluding hydrogens is 374 g/mol. The van der Waals surface area contributed by atoms with Crippen molar-refractivity contribution in [3.8, 4) is 0 Å². The molecule has 1 saturated heterocycles. The summed E-state index contributed by atoms with van der Waals surface area (Å²) < 4.78 is 0. The molecule has 2 aromatic carbocycles. The maximum absolute atomic E-state index is 12.5. The second-order valence-corrected chi connectivity index (χ2v) is 7.92. The van der Waals surface area contributed by atoms with Crippen molar-refractivity contribution in [2.75, 3.05) is 23.3 Å². The number of carbonyl (C=O) groups is 2. The molecular formula is C22H24ClN3O2. The monoisotopic (exact) mass is 397 g/mol. The first kappa shape index (κ1) is 19.0. The van der Waals surface area contributed by atoms with Gasteiger partial charge in [-0.05, 0) is 67.3 Å². The lowest BCUT2D eigenvalue weighted by molar-refractivity contribution is -0.120. The molecule has 6 heteroatoms. The minimum Gasteiger partial charge on any atom is -0.326 e. The molecule has 2 aliphatic heterocycles. The smallest absolute Gasteiger partial charge is 0.228 e. The first-order chi connectivity index (χ1) is 13.6. The molecule has 2 N–H and O–H groups in total. The summed E-state index contributed by atoms with van der Waals surface area (Å²) in [6.07, 6.45) is 3.13. The Morgan fingerprint density at radius 3 is 2.75 bits per heavy atom. The molecule has 0 saturated carbocycles. The summed E-state index contributed by atoms with van der Waals surface area (Å²) in [6.45, 7) is 2.24. The van der Waals surface area contributed by atoms with Crippen molar-refractivity contribution < 1.29 is 9.59 Å². The molecule has 0 aromatic heterocycles. The number of fused-ring (bicyclic) bond motifs is 1. The zero-order chi connectivity index (χ0) is 19.5. The second kappa shape index (κ2) is 8.33. The number of hydrogen-bond acceptors (Lipinski definition) is 3. The lowest BCUT2D eigenvalue weighted by Crippen LogP contribution is -2.37. The van der Waals surface area contributed by atoms with Crippen molar-refractivity contribution in [2.45, 2.75) is 32.2 Å². The summed E-state index contributed by atoms with van der Waals surface area (Å²) in [4.78, 5) is 26.8. The van der Waals surface area contributed by atoms with E-state index in [0.29, 0.717) is 24.4 Å². The minimum absolute atomic E-state index is 0.0211. The van der Waals surface area contributed by atoms with Crippen LogP contribution in [0, 0.1) is 5.92 Å². The lowest BCUT2D eigenvalue weighted by Gasteiger charge is -2.30. The maximum Gasteiger partial charge on any atom is 0.228 e. The normalized spacial score (nSPS) is 19.2. The topological polar surface area (TPSA) is 61.4 Å². The highest BCUT2D eigenvalue weighted by atomic mass is 35.5. The molecule has 0 spiro atoms. The third-order valence-corrected chi connectivity index (χ3v) is 5.72. The number of halogens is 1. The summed E-state index contributed by atoms with van der Waals surface area (Å²) in [6, 6.07) is 13.4. The van der Waals surface area contributed by atoms with E-state index in [2.05, 4.69) is 10.6 Å². The summed E-state index contributed by atoms with van der Waals surface area (Å²) in [5.41, 5.74) is 3.85. The van der Waals surface area contributed by atoms with Gasteiger partial charge >= 0.3 is 0 Å². The molecule has 0 aliphatic carbocycles. The van der Waals surface area contributed by atoms with Crippen LogP contribution >= 0.6 is 11.6 Å². The van der Waals surface area contributed by atoms with Gasteiger partial charge in [0.25, 0.3) is 0 Å². The van der Waals surface area contributed by atoms with Crippen LogP contribution in [0.15, 0.2) is 42.5 Å². The molecule has 28 heavy (non-hydrogen) atoms. The molecule has 2 heterocycles. The molecule has 0 bridgehead atoms. The molecule has 1 fully saturated rings. The fourth-order valence-corrected chi connectivity index (χ4v) is 4.03. The van der Waals surface area contributed by atoms with E-state index < -0.39 is 0 Å². The van der Waals surface area contributed by atoms with Gasteiger partial charge in [-0.25, -0.2) is 0 Å². The van der Waals surface area contributed by atoms with Crippen LogP contribution in [0.5, 0.6) is 0 Å². The van der Waals surface area contributed by atoms with E-state index in [4.69, 9.17) is 11.6 Å². The van der Waals surface area contributed by atoms with Crippen LogP contribution in [0.4, 0.5) is 11.4 Å². The van der Waals surface area contributed by atoms with Crippen molar-refractivity contribution in [1.29, 1.82) is 0 Å². The van der Waals surface area contributed by atoms with E-state index in [1.165, 1.54) is 0 Å². The van der Waals surface area contributed by atoms with E-state index >= 15 is 0 Å². The molecule has 0 radical (unpaired) electrons. The molecule has 2 aromatic rings. The number of piperidine rings is 1. The Balaban J connectivity index is 1.50. The number of amides is 2. The van der Waals surface area contributed by atoms with Crippen molar-refractivity contribution in [3.63, 3.8) is 0 Å². The quantitative estimate of drug-likeness (QED) is 0.825. The Hall–Kier alpha value is -2.37. The maximum atomic E-state index is 12.5. The molecule has 146 valence electrons. The zero-order valence-electron chi connectivity index (χ0n) is 15.7. The highest BCUT2D eigenvalue weighted by Crippen LogP contribution is 2.32. The van der Waals surface area contributed by atoms with Gasteiger partial charge in [-0.2, -0.15) is 0 Å². The van der Waals surface area contributed by atoms with Crippen LogP contribution in [0.2, 0.25) is 5.02 Å². The average molecular weight is 398 g/mol. The Labute approximate surface area is 170 Å². The third kappa shape index (κ3) is 4.21. The van der Waals surface area contributed by atoms with Crippen LogP contribution in [0.3, 0.4) is 0 Å². The van der Waals surface area contributed by atoms with Gasteiger partial charge in [-0.15, -0.1) is 0 Å². The highest BCUT2D eigenvalue weighted by molar-refractivity contribution is 6.30. The van der Waals surface area contributed by atoms with Crippen molar-refractivity contribution >= 4 is 34.8 Å². The summed E-state index contributed by atoms with van der Waals surface area (Å²) in [7, 11) is 0. The highest BCUT2D eigenvalue weighted by Gasteiger charge is 2.25. The summed E-state index contributed by atoms with van der Waals surface area (Å²) >= 11 is 5.96. The zero-order valence-corrected chi connectivity index (χ0v) is 16.5. The number of hydrogen-bond donors (Lipinski definition) is 2. The van der Waals surface area contributed by atoms with Crippen LogP contribution in [0.1, 0.15) is 30.4 Å². The van der Waals surface area contributed by atoms with Gasteiger partial charge in [0.1, 0.15) is 0 Å². The number of benzene rings is 2. The first-order valence-electron chi connectivity index (χ1n) is 9.79. The van der Waals surface area contributed by atoms with E-state index in [-0.39, 0.29) is 17.7 Å². The number of nitrogens with one attached hydrogen (secondary N) is 2. The van der Waals surface area contributed by atoms with Crippen LogP contribution in [-0.2, 0) is 22.6 Å². The van der Waals surface area contributed by atoms with Crippen molar-refractivity contribution in [2.24, 2.45) is 5.92 Å². The third-order valence-electron chi connectivity index (χ3n) is 5.47. The van der Waals surface area contributed by atoms with E-state index in [1.807, 2.05) is 47.4 Å². The molecule has 2 amide bonds. The van der Waals surface area contributed by atoms with Crippen LogP contribution in [-0.4, -0.2) is 24.9 Å². The fraction of sp³-hybridized carbons (Fsp3) is 0.364. The van der Waals surface area contributed by atoms with Gasteiger partial charge in [-0.3, -0.25) is 9.59 Å². The van der Waals surface area contributed by atoms with Gasteiger partial charge in [0.05, 0.1) is 12.5 Å². The van der Waals surface area contributed by atoms with Gasteiger partial charge in [-0.1, -0.05) is 23.7 Å². The number of nitrogens with zero attached hydrogens (tertiary/aromatic N) is 1. The Kier molecular flexibility index (Phi) is 5.64. The molecule has 2 aliphatic rings. The Morgan fingerprint density at radius 2 is 2.00 bits per heavy atom. The van der Waals surface area contributed by atoms with Gasteiger partial charge in [0.2, 0.25) is 11.8 Å². The SMILES string of the molecule is O=C(Nc1ccc2c(c1)CCC(=O)N2Cc1ccc(Cl)cc1)C1CCCNC1. The number of rotatable bonds is 4. The lowest BCUT2D eigenvalue weighted by atomic mass is 9.97. The first-order valence-corrected chi connectivity index (χ1v) is 10.2.